The minimum Gasteiger partial charge on any atom is -0.497 e. The highest BCUT2D eigenvalue weighted by Gasteiger charge is 2.11. The normalized spacial score (nSPS) is 10.8. The van der Waals surface area contributed by atoms with Gasteiger partial charge in [0, 0.05) is 31.8 Å². The van der Waals surface area contributed by atoms with E-state index in [0.29, 0.717) is 25.3 Å². The van der Waals surface area contributed by atoms with E-state index in [0.717, 1.165) is 47.7 Å². The number of imidazole rings is 1. The van der Waals surface area contributed by atoms with Crippen LogP contribution < -0.4 is 14.8 Å². The second kappa shape index (κ2) is 11.1. The van der Waals surface area contributed by atoms with Gasteiger partial charge in [0.1, 0.15) is 23.0 Å². The Morgan fingerprint density at radius 3 is 2.70 bits per heavy atom. The Balaban J connectivity index is 1.32. The van der Waals surface area contributed by atoms with Crippen molar-refractivity contribution in [3.05, 3.63) is 84.4 Å². The first-order valence-electron chi connectivity index (χ1n) is 11.1. The summed E-state index contributed by atoms with van der Waals surface area (Å²) in [5.74, 6) is 2.39. The van der Waals surface area contributed by atoms with Gasteiger partial charge in [-0.25, -0.2) is 4.98 Å². The summed E-state index contributed by atoms with van der Waals surface area (Å²) in [6.07, 6.45) is 4.14. The number of unbranched alkanes of at least 4 members (excludes halogenated alkanes) is 1. The number of methoxy groups -OCH3 is 1. The minimum atomic E-state index is -0.173. The average molecular weight is 445 g/mol. The molecule has 7 nitrogen and oxygen atoms in total. The van der Waals surface area contributed by atoms with Crippen molar-refractivity contribution in [3.8, 4) is 11.5 Å². The van der Waals surface area contributed by atoms with Gasteiger partial charge < -0.3 is 19.4 Å². The highest BCUT2D eigenvalue weighted by molar-refractivity contribution is 5.92. The highest BCUT2D eigenvalue weighted by atomic mass is 16.5. The van der Waals surface area contributed by atoms with Crippen LogP contribution in [0.25, 0.3) is 11.0 Å². The van der Waals surface area contributed by atoms with Crippen LogP contribution in [0.1, 0.15) is 29.2 Å². The summed E-state index contributed by atoms with van der Waals surface area (Å²) < 4.78 is 13.3. The Morgan fingerprint density at radius 2 is 1.85 bits per heavy atom. The number of carbonyl (C=O) groups excluding carboxylic acids is 1. The van der Waals surface area contributed by atoms with Crippen LogP contribution in [0.5, 0.6) is 11.5 Å². The lowest BCUT2D eigenvalue weighted by molar-refractivity contribution is 0.0949. The Kier molecular flexibility index (Phi) is 7.53. The standard InChI is InChI=1S/C26H28N4O3/c1-32-20-9-8-10-21(19-20)33-18-7-6-17-30-24-13-3-2-11-22(24)29-25(30)14-16-28-26(31)23-12-4-5-15-27-23/h2-5,8-13,15,19H,6-7,14,16-18H2,1H3,(H,28,31). The minimum absolute atomic E-state index is 0.173. The summed E-state index contributed by atoms with van der Waals surface area (Å²) in [7, 11) is 1.65. The van der Waals surface area contributed by atoms with E-state index < -0.39 is 0 Å². The first-order valence-corrected chi connectivity index (χ1v) is 11.1. The number of nitrogens with one attached hydrogen (secondary N) is 1. The van der Waals surface area contributed by atoms with Crippen LogP contribution in [0.4, 0.5) is 0 Å². The molecule has 170 valence electrons. The van der Waals surface area contributed by atoms with Gasteiger partial charge in [-0.2, -0.15) is 0 Å². The molecule has 0 aliphatic rings. The number of amides is 1. The van der Waals surface area contributed by atoms with Crippen molar-refractivity contribution in [2.45, 2.75) is 25.8 Å². The lowest BCUT2D eigenvalue weighted by atomic mass is 10.2. The van der Waals surface area contributed by atoms with E-state index >= 15 is 0 Å². The van der Waals surface area contributed by atoms with Gasteiger partial charge in [-0.1, -0.05) is 24.3 Å². The van der Waals surface area contributed by atoms with Gasteiger partial charge in [-0.3, -0.25) is 9.78 Å². The first-order chi connectivity index (χ1) is 16.2. The molecule has 0 fully saturated rings. The third-order valence-corrected chi connectivity index (χ3v) is 5.35. The summed E-state index contributed by atoms with van der Waals surface area (Å²) in [5.41, 5.74) is 2.50. The molecule has 4 aromatic rings. The number of para-hydroxylation sites is 2. The van der Waals surface area contributed by atoms with E-state index in [1.54, 1.807) is 31.5 Å². The van der Waals surface area contributed by atoms with Gasteiger partial charge in [0.05, 0.1) is 24.8 Å². The number of hydrogen-bond acceptors (Lipinski definition) is 5. The second-order valence-electron chi connectivity index (χ2n) is 7.62. The number of hydrogen-bond donors (Lipinski definition) is 1. The predicted octanol–water partition coefficient (Wildman–Crippen LogP) is 4.27. The largest absolute Gasteiger partial charge is 0.497 e. The maximum absolute atomic E-state index is 12.3. The molecular formula is C26H28N4O3. The highest BCUT2D eigenvalue weighted by Crippen LogP contribution is 2.20. The average Bonchev–Trinajstić information content (AvgIpc) is 3.21. The third-order valence-electron chi connectivity index (χ3n) is 5.35. The molecular weight excluding hydrogens is 416 g/mol. The van der Waals surface area contributed by atoms with Gasteiger partial charge in [0.2, 0.25) is 0 Å². The summed E-state index contributed by atoms with van der Waals surface area (Å²) in [6, 6.07) is 21.1. The van der Waals surface area contributed by atoms with Gasteiger partial charge in [0.15, 0.2) is 0 Å². The molecule has 0 atom stereocenters. The SMILES string of the molecule is COc1cccc(OCCCCn2c(CCNC(=O)c3ccccn3)nc3ccccc32)c1. The zero-order chi connectivity index (χ0) is 22.9. The van der Waals surface area contributed by atoms with Crippen molar-refractivity contribution in [2.24, 2.45) is 0 Å². The molecule has 1 amide bonds. The Morgan fingerprint density at radius 1 is 1.00 bits per heavy atom. The molecule has 0 aliphatic carbocycles. The van der Waals surface area contributed by atoms with E-state index in [4.69, 9.17) is 14.5 Å². The molecule has 0 radical (unpaired) electrons. The molecule has 0 unspecified atom stereocenters. The van der Waals surface area contributed by atoms with Crippen molar-refractivity contribution in [1.82, 2.24) is 19.9 Å². The number of aryl methyl sites for hydroxylation is 1. The number of ether oxygens (including phenoxy) is 2. The summed E-state index contributed by atoms with van der Waals surface area (Å²) in [6.45, 7) is 1.97. The van der Waals surface area contributed by atoms with Gasteiger partial charge in [-0.05, 0) is 49.2 Å². The Labute approximate surface area is 193 Å². The maximum atomic E-state index is 12.3. The molecule has 2 aromatic heterocycles. The number of pyridine rings is 1. The lowest BCUT2D eigenvalue weighted by Crippen LogP contribution is -2.27. The number of carbonyl (C=O) groups is 1. The van der Waals surface area contributed by atoms with Crippen LogP contribution in [0, 0.1) is 0 Å². The smallest absolute Gasteiger partial charge is 0.269 e. The Hall–Kier alpha value is -3.87. The molecule has 2 aromatic carbocycles. The fourth-order valence-corrected chi connectivity index (χ4v) is 3.69. The van der Waals surface area contributed by atoms with Crippen LogP contribution in [-0.2, 0) is 13.0 Å². The number of nitrogens with zero attached hydrogens (tertiary/aromatic N) is 3. The molecule has 1 N–H and O–H groups in total. The molecule has 33 heavy (non-hydrogen) atoms. The van der Waals surface area contributed by atoms with E-state index in [9.17, 15) is 4.79 Å². The van der Waals surface area contributed by atoms with Crippen LogP contribution in [-0.4, -0.2) is 40.7 Å². The van der Waals surface area contributed by atoms with Gasteiger partial charge >= 0.3 is 0 Å². The molecule has 2 heterocycles. The van der Waals surface area contributed by atoms with Crippen molar-refractivity contribution in [2.75, 3.05) is 20.3 Å². The van der Waals surface area contributed by atoms with Gasteiger partial charge in [0.25, 0.3) is 5.91 Å². The summed E-state index contributed by atoms with van der Waals surface area (Å²) >= 11 is 0. The van der Waals surface area contributed by atoms with E-state index in [-0.39, 0.29) is 5.91 Å². The Bertz CT molecular complexity index is 1190. The number of benzene rings is 2. The zero-order valence-electron chi connectivity index (χ0n) is 18.7. The summed E-state index contributed by atoms with van der Waals surface area (Å²) in [4.78, 5) is 21.2. The second-order valence-corrected chi connectivity index (χ2v) is 7.62. The van der Waals surface area contributed by atoms with Crippen molar-refractivity contribution < 1.29 is 14.3 Å². The number of fused-ring (bicyclic) bond motifs is 1. The third kappa shape index (κ3) is 5.88. The van der Waals surface area contributed by atoms with E-state index in [1.807, 2.05) is 42.5 Å². The fraction of sp³-hybridized carbons (Fsp3) is 0.269. The quantitative estimate of drug-likeness (QED) is 0.350. The van der Waals surface area contributed by atoms with E-state index in [1.165, 1.54) is 0 Å². The van der Waals surface area contributed by atoms with Crippen LogP contribution in [0.15, 0.2) is 72.9 Å². The molecule has 0 spiro atoms. The van der Waals surface area contributed by atoms with Crippen molar-refractivity contribution in [1.29, 1.82) is 0 Å². The monoisotopic (exact) mass is 444 g/mol. The molecule has 0 saturated carbocycles. The van der Waals surface area contributed by atoms with Gasteiger partial charge in [-0.15, -0.1) is 0 Å². The molecule has 4 rings (SSSR count). The van der Waals surface area contributed by atoms with Crippen molar-refractivity contribution >= 4 is 16.9 Å². The molecule has 0 aliphatic heterocycles. The molecule has 7 heteroatoms. The van der Waals surface area contributed by atoms with Crippen molar-refractivity contribution in [3.63, 3.8) is 0 Å². The summed E-state index contributed by atoms with van der Waals surface area (Å²) in [5, 5.41) is 2.94. The lowest BCUT2D eigenvalue weighted by Gasteiger charge is -2.11. The predicted molar refractivity (Wildman–Crippen MR) is 128 cm³/mol. The topological polar surface area (TPSA) is 78.3 Å². The van der Waals surface area contributed by atoms with E-state index in [2.05, 4.69) is 20.9 Å². The zero-order valence-corrected chi connectivity index (χ0v) is 18.7. The maximum Gasteiger partial charge on any atom is 0.269 e. The van der Waals surface area contributed by atoms with Crippen LogP contribution in [0.3, 0.4) is 0 Å². The molecule has 0 bridgehead atoms. The van der Waals surface area contributed by atoms with Crippen LogP contribution >= 0.6 is 0 Å². The molecule has 0 saturated heterocycles. The fourth-order valence-electron chi connectivity index (χ4n) is 3.69. The van der Waals surface area contributed by atoms with Crippen LogP contribution in [0.2, 0.25) is 0 Å². The number of rotatable bonds is 11. The number of aromatic nitrogens is 3. The first kappa shape index (κ1) is 22.3.